The summed E-state index contributed by atoms with van der Waals surface area (Å²) < 4.78 is 0. The highest BCUT2D eigenvalue weighted by molar-refractivity contribution is 6.22. The zero-order chi connectivity index (χ0) is 31.4. The van der Waals surface area contributed by atoms with Crippen LogP contribution in [0.25, 0.3) is 0 Å². The van der Waals surface area contributed by atoms with E-state index in [4.69, 9.17) is 0 Å². The minimum Gasteiger partial charge on any atom is -0.277 e. The Kier molecular flexibility index (Phi) is 12.1. The van der Waals surface area contributed by atoms with Crippen LogP contribution in [-0.4, -0.2) is 47.5 Å². The number of hydrogen-bond acceptors (Lipinski definition) is 4. The van der Waals surface area contributed by atoms with Gasteiger partial charge >= 0.3 is 0 Å². The van der Waals surface area contributed by atoms with E-state index in [0.29, 0.717) is 28.7 Å². The summed E-state index contributed by atoms with van der Waals surface area (Å²) >= 11 is 0. The van der Waals surface area contributed by atoms with Crippen LogP contribution < -0.4 is 0 Å². The molecule has 0 unspecified atom stereocenters. The number of benzene rings is 4. The summed E-state index contributed by atoms with van der Waals surface area (Å²) in [7, 11) is 2.92. The number of amides is 4. The first-order valence-electron chi connectivity index (χ1n) is 14.7. The Labute approximate surface area is 255 Å². The number of nitrogens with zero attached hydrogens (tertiary/aromatic N) is 2. The van der Waals surface area contributed by atoms with E-state index >= 15 is 0 Å². The molecule has 43 heavy (non-hydrogen) atoms. The molecule has 0 spiro atoms. The van der Waals surface area contributed by atoms with Gasteiger partial charge in [-0.05, 0) is 53.8 Å². The number of carbonyl (C=O) groups is 4. The van der Waals surface area contributed by atoms with Gasteiger partial charge in [-0.25, -0.2) is 0 Å². The van der Waals surface area contributed by atoms with Gasteiger partial charge < -0.3 is 0 Å². The van der Waals surface area contributed by atoms with Gasteiger partial charge in [-0.15, -0.1) is 0 Å². The average Bonchev–Trinajstić information content (AvgIpc) is 3.38. The molecule has 0 saturated carbocycles. The van der Waals surface area contributed by atoms with Gasteiger partial charge in [0.25, 0.3) is 23.6 Å². The van der Waals surface area contributed by atoms with E-state index in [9.17, 15) is 19.2 Å². The molecule has 0 bridgehead atoms. The van der Waals surface area contributed by atoms with E-state index in [1.807, 2.05) is 36.4 Å². The van der Waals surface area contributed by atoms with Crippen LogP contribution in [-0.2, 0) is 12.8 Å². The van der Waals surface area contributed by atoms with Crippen LogP contribution in [0.3, 0.4) is 0 Å². The zero-order valence-corrected chi connectivity index (χ0v) is 25.7. The molecule has 6 heteroatoms. The number of aryl methyl sites for hydroxylation is 1. The molecule has 4 aromatic carbocycles. The normalized spacial score (nSPS) is 12.8. The Hall–Kier alpha value is -4.84. The smallest absolute Gasteiger partial charge is 0.261 e. The third kappa shape index (κ3) is 8.35. The maximum Gasteiger partial charge on any atom is 0.261 e. The molecular formula is C37H40N2O4. The Bertz CT molecular complexity index is 1440. The van der Waals surface area contributed by atoms with Crippen molar-refractivity contribution >= 4 is 23.6 Å². The third-order valence-electron chi connectivity index (χ3n) is 6.76. The van der Waals surface area contributed by atoms with E-state index in [1.165, 1.54) is 38.9 Å². The van der Waals surface area contributed by atoms with Crippen molar-refractivity contribution in [2.45, 2.75) is 46.5 Å². The number of fused-ring (bicyclic) bond motifs is 2. The molecule has 2 heterocycles. The Morgan fingerprint density at radius 2 is 0.814 bits per heavy atom. The minimum atomic E-state index is -0.307. The summed E-state index contributed by atoms with van der Waals surface area (Å²) in [5, 5.41) is 0. The topological polar surface area (TPSA) is 74.8 Å². The standard InChI is InChI=1S/C19H14N2O4.C9H12.C6H6.C3H8/c1-20-16(22)12-5-3-10(8-14(12)18(20)24)7-11-4-6-13-15(9-11)19(25)21(2)17(13)23;1-2-6-9-7-4-3-5-8-9;1-2-4-6-5-3-1;1-3-2/h3-6,8-9H,7H2,1-2H3;3-5,7-8H,2,6H2,1H3;1-6H;3H2,1-2H3. The van der Waals surface area contributed by atoms with Crippen LogP contribution in [0, 0.1) is 0 Å². The van der Waals surface area contributed by atoms with Gasteiger partial charge in [0.2, 0.25) is 0 Å². The van der Waals surface area contributed by atoms with Crippen molar-refractivity contribution in [3.8, 4) is 0 Å². The van der Waals surface area contributed by atoms with Crippen molar-refractivity contribution in [3.63, 3.8) is 0 Å². The lowest BCUT2D eigenvalue weighted by Gasteiger charge is -2.05. The molecule has 0 radical (unpaired) electrons. The fraction of sp³-hybridized carbons (Fsp3) is 0.243. The first-order valence-corrected chi connectivity index (χ1v) is 14.7. The van der Waals surface area contributed by atoms with Gasteiger partial charge in [0.1, 0.15) is 0 Å². The Balaban J connectivity index is 0.000000229. The van der Waals surface area contributed by atoms with Crippen LogP contribution in [0.5, 0.6) is 0 Å². The molecule has 0 aromatic heterocycles. The van der Waals surface area contributed by atoms with Gasteiger partial charge in [0.05, 0.1) is 22.3 Å². The van der Waals surface area contributed by atoms with Crippen molar-refractivity contribution in [2.75, 3.05) is 14.1 Å². The van der Waals surface area contributed by atoms with Crippen molar-refractivity contribution in [1.29, 1.82) is 0 Å². The molecular weight excluding hydrogens is 536 g/mol. The quantitative estimate of drug-likeness (QED) is 0.236. The number of rotatable bonds is 4. The lowest BCUT2D eigenvalue weighted by atomic mass is 9.98. The van der Waals surface area contributed by atoms with Crippen LogP contribution in [0.2, 0.25) is 0 Å². The molecule has 4 amide bonds. The molecule has 6 rings (SSSR count). The lowest BCUT2D eigenvalue weighted by Crippen LogP contribution is -2.24. The maximum atomic E-state index is 12.1. The van der Waals surface area contributed by atoms with Crippen LogP contribution in [0.15, 0.2) is 103 Å². The van der Waals surface area contributed by atoms with E-state index in [1.54, 1.807) is 36.4 Å². The van der Waals surface area contributed by atoms with Gasteiger partial charge in [0, 0.05) is 14.1 Å². The molecule has 0 aliphatic carbocycles. The molecule has 0 N–H and O–H groups in total. The molecule has 2 aliphatic heterocycles. The first-order chi connectivity index (χ1) is 20.7. The largest absolute Gasteiger partial charge is 0.277 e. The molecule has 0 atom stereocenters. The second-order valence-electron chi connectivity index (χ2n) is 10.4. The molecule has 0 saturated heterocycles. The van der Waals surface area contributed by atoms with Crippen LogP contribution in [0.1, 0.15) is 91.7 Å². The number of hydrogen-bond donors (Lipinski definition) is 0. The summed E-state index contributed by atoms with van der Waals surface area (Å²) in [5.41, 5.74) is 4.79. The molecule has 2 aliphatic rings. The Morgan fingerprint density at radius 1 is 0.465 bits per heavy atom. The van der Waals surface area contributed by atoms with E-state index < -0.39 is 0 Å². The predicted molar refractivity (Wildman–Crippen MR) is 171 cm³/mol. The van der Waals surface area contributed by atoms with Gasteiger partial charge in [-0.3, -0.25) is 29.0 Å². The van der Waals surface area contributed by atoms with Crippen molar-refractivity contribution in [3.05, 3.63) is 142 Å². The van der Waals surface area contributed by atoms with Gasteiger partial charge in [-0.2, -0.15) is 0 Å². The van der Waals surface area contributed by atoms with E-state index in [2.05, 4.69) is 51.1 Å². The molecule has 222 valence electrons. The zero-order valence-electron chi connectivity index (χ0n) is 25.7. The van der Waals surface area contributed by atoms with E-state index in [-0.39, 0.29) is 23.6 Å². The highest BCUT2D eigenvalue weighted by Gasteiger charge is 2.34. The number of imide groups is 2. The fourth-order valence-electron chi connectivity index (χ4n) is 4.59. The first kappa shape index (κ1) is 32.7. The van der Waals surface area contributed by atoms with Gasteiger partial charge in [-0.1, -0.05) is 112 Å². The maximum absolute atomic E-state index is 12.1. The summed E-state index contributed by atoms with van der Waals surface area (Å²) in [6.45, 7) is 6.45. The summed E-state index contributed by atoms with van der Waals surface area (Å²) in [6.07, 6.45) is 4.20. The minimum absolute atomic E-state index is 0.295. The fourth-order valence-corrected chi connectivity index (χ4v) is 4.59. The second-order valence-corrected chi connectivity index (χ2v) is 10.4. The third-order valence-corrected chi connectivity index (χ3v) is 6.76. The monoisotopic (exact) mass is 576 g/mol. The van der Waals surface area contributed by atoms with Crippen molar-refractivity contribution < 1.29 is 19.2 Å². The summed E-state index contributed by atoms with van der Waals surface area (Å²) in [5.74, 6) is -1.20. The van der Waals surface area contributed by atoms with Crippen LogP contribution >= 0.6 is 0 Å². The van der Waals surface area contributed by atoms with Gasteiger partial charge in [0.15, 0.2) is 0 Å². The van der Waals surface area contributed by atoms with Crippen molar-refractivity contribution in [1.82, 2.24) is 9.80 Å². The summed E-state index contributed by atoms with van der Waals surface area (Å²) in [6, 6.07) is 32.9. The Morgan fingerprint density at radius 3 is 1.19 bits per heavy atom. The SMILES string of the molecule is CCC.CCCc1ccccc1.CN1C(=O)c2ccc(Cc3ccc4c(c3)C(=O)N(C)C4=O)cc2C1=O.c1ccccc1. The predicted octanol–water partition coefficient (Wildman–Crippen LogP) is 7.47. The second kappa shape index (κ2) is 16.0. The number of carbonyl (C=O) groups excluding carboxylic acids is 4. The summed E-state index contributed by atoms with van der Waals surface area (Å²) in [4.78, 5) is 50.3. The van der Waals surface area contributed by atoms with E-state index in [0.717, 1.165) is 20.9 Å². The lowest BCUT2D eigenvalue weighted by molar-refractivity contribution is 0.0678. The highest BCUT2D eigenvalue weighted by Crippen LogP contribution is 2.26. The average molecular weight is 577 g/mol. The highest BCUT2D eigenvalue weighted by atomic mass is 16.2. The molecule has 4 aromatic rings. The molecule has 0 fully saturated rings. The van der Waals surface area contributed by atoms with Crippen molar-refractivity contribution in [2.24, 2.45) is 0 Å². The van der Waals surface area contributed by atoms with Crippen LogP contribution in [0.4, 0.5) is 0 Å². The molecule has 6 nitrogen and oxygen atoms in total.